The minimum absolute atomic E-state index is 0.167. The van der Waals surface area contributed by atoms with Crippen LogP contribution >= 0.6 is 11.6 Å². The minimum Gasteiger partial charge on any atom is -0.391 e. The van der Waals surface area contributed by atoms with Gasteiger partial charge in [0, 0.05) is 17.1 Å². The summed E-state index contributed by atoms with van der Waals surface area (Å²) in [5, 5.41) is 13.4. The van der Waals surface area contributed by atoms with Gasteiger partial charge in [0.15, 0.2) is 0 Å². The van der Waals surface area contributed by atoms with Crippen LogP contribution in [-0.2, 0) is 0 Å². The predicted octanol–water partition coefficient (Wildman–Crippen LogP) is 3.18. The Bertz CT molecular complexity index is 430. The van der Waals surface area contributed by atoms with E-state index in [1.165, 1.54) is 0 Å². The summed E-state index contributed by atoms with van der Waals surface area (Å²) in [5.74, 6) is 0.0609. The van der Waals surface area contributed by atoms with E-state index in [0.29, 0.717) is 10.6 Å². The zero-order valence-corrected chi connectivity index (χ0v) is 12.5. The molecule has 1 aromatic carbocycles. The number of hydrogen-bond donors (Lipinski definition) is 2. The summed E-state index contributed by atoms with van der Waals surface area (Å²) in [5.41, 5.74) is 1.43. The molecule has 0 aromatic heterocycles. The number of rotatable bonds is 6. The molecule has 19 heavy (non-hydrogen) atoms. The van der Waals surface area contributed by atoms with Gasteiger partial charge in [0.05, 0.1) is 6.10 Å². The molecule has 4 heteroatoms. The number of nitrogens with one attached hydrogen (secondary N) is 1. The van der Waals surface area contributed by atoms with Crippen LogP contribution in [0.25, 0.3) is 0 Å². The molecule has 0 saturated heterocycles. The molecule has 0 radical (unpaired) electrons. The lowest BCUT2D eigenvalue weighted by atomic mass is 9.96. The van der Waals surface area contributed by atoms with Gasteiger partial charge in [-0.25, -0.2) is 0 Å². The van der Waals surface area contributed by atoms with E-state index in [9.17, 15) is 9.90 Å². The van der Waals surface area contributed by atoms with E-state index in [1.54, 1.807) is 18.2 Å². The molecule has 1 atom stereocenters. The maximum absolute atomic E-state index is 12.0. The number of halogens is 1. The van der Waals surface area contributed by atoms with E-state index in [0.717, 1.165) is 18.4 Å². The van der Waals surface area contributed by atoms with Gasteiger partial charge in [-0.05, 0) is 36.6 Å². The highest BCUT2D eigenvalue weighted by atomic mass is 35.5. The number of aryl methyl sites for hydroxylation is 1. The van der Waals surface area contributed by atoms with Crippen molar-refractivity contribution >= 4 is 17.5 Å². The topological polar surface area (TPSA) is 49.3 Å². The summed E-state index contributed by atoms with van der Waals surface area (Å²) in [6.45, 7) is 6.22. The molecule has 0 heterocycles. The highest BCUT2D eigenvalue weighted by Gasteiger charge is 2.17. The summed E-state index contributed by atoms with van der Waals surface area (Å²) >= 11 is 5.86. The number of carbonyl (C=O) groups is 1. The van der Waals surface area contributed by atoms with Crippen LogP contribution < -0.4 is 5.32 Å². The Morgan fingerprint density at radius 3 is 2.53 bits per heavy atom. The second-order valence-corrected chi connectivity index (χ2v) is 5.25. The van der Waals surface area contributed by atoms with Crippen LogP contribution in [0.15, 0.2) is 18.2 Å². The van der Waals surface area contributed by atoms with Crippen LogP contribution in [0, 0.1) is 12.8 Å². The fourth-order valence-electron chi connectivity index (χ4n) is 2.17. The highest BCUT2D eigenvalue weighted by Crippen LogP contribution is 2.16. The molecule has 0 aliphatic rings. The Morgan fingerprint density at radius 1 is 1.37 bits per heavy atom. The van der Waals surface area contributed by atoms with Crippen LogP contribution in [0.4, 0.5) is 0 Å². The monoisotopic (exact) mass is 283 g/mol. The second kappa shape index (κ2) is 7.51. The first kappa shape index (κ1) is 16.0. The third kappa shape index (κ3) is 4.51. The predicted molar refractivity (Wildman–Crippen MR) is 78.6 cm³/mol. The van der Waals surface area contributed by atoms with Crippen molar-refractivity contribution in [1.82, 2.24) is 5.32 Å². The average molecular weight is 284 g/mol. The molecule has 1 aromatic rings. The molecule has 106 valence electrons. The summed E-state index contributed by atoms with van der Waals surface area (Å²) in [6.07, 6.45) is 1.33. The Hall–Kier alpha value is -1.06. The SMILES string of the molecule is CCC(CC)C(O)CNC(=O)c1ccc(Cl)cc1C. The van der Waals surface area contributed by atoms with Crippen molar-refractivity contribution in [2.24, 2.45) is 5.92 Å². The lowest BCUT2D eigenvalue weighted by Crippen LogP contribution is -2.36. The van der Waals surface area contributed by atoms with Crippen molar-refractivity contribution in [2.45, 2.75) is 39.7 Å². The van der Waals surface area contributed by atoms with Gasteiger partial charge in [0.2, 0.25) is 0 Å². The van der Waals surface area contributed by atoms with Gasteiger partial charge in [0.25, 0.3) is 5.91 Å². The molecule has 0 fully saturated rings. The molecular formula is C15H22ClNO2. The van der Waals surface area contributed by atoms with Gasteiger partial charge in [0.1, 0.15) is 0 Å². The normalized spacial score (nSPS) is 12.5. The molecule has 3 nitrogen and oxygen atoms in total. The zero-order chi connectivity index (χ0) is 14.4. The van der Waals surface area contributed by atoms with Crippen LogP contribution in [0.1, 0.15) is 42.6 Å². The zero-order valence-electron chi connectivity index (χ0n) is 11.7. The molecule has 0 bridgehead atoms. The summed E-state index contributed by atoms with van der Waals surface area (Å²) < 4.78 is 0. The van der Waals surface area contributed by atoms with Crippen molar-refractivity contribution < 1.29 is 9.90 Å². The average Bonchev–Trinajstić information content (AvgIpc) is 2.37. The van der Waals surface area contributed by atoms with E-state index in [4.69, 9.17) is 11.6 Å². The summed E-state index contributed by atoms with van der Waals surface area (Å²) in [4.78, 5) is 12.0. The maximum Gasteiger partial charge on any atom is 0.251 e. The number of carbonyl (C=O) groups excluding carboxylic acids is 1. The molecule has 2 N–H and O–H groups in total. The minimum atomic E-state index is -0.494. The molecule has 0 spiro atoms. The van der Waals surface area contributed by atoms with Crippen molar-refractivity contribution in [2.75, 3.05) is 6.54 Å². The Balaban J connectivity index is 2.60. The Labute approximate surface area is 120 Å². The van der Waals surface area contributed by atoms with Crippen molar-refractivity contribution in [3.8, 4) is 0 Å². The fourth-order valence-corrected chi connectivity index (χ4v) is 2.40. The van der Waals surface area contributed by atoms with E-state index >= 15 is 0 Å². The molecule has 1 rings (SSSR count). The number of hydrogen-bond acceptors (Lipinski definition) is 2. The van der Waals surface area contributed by atoms with Crippen molar-refractivity contribution in [3.05, 3.63) is 34.3 Å². The number of aliphatic hydroxyl groups excluding tert-OH is 1. The Morgan fingerprint density at radius 2 is 2.00 bits per heavy atom. The van der Waals surface area contributed by atoms with Gasteiger partial charge in [-0.15, -0.1) is 0 Å². The first-order valence-electron chi connectivity index (χ1n) is 6.72. The van der Waals surface area contributed by atoms with Gasteiger partial charge in [-0.3, -0.25) is 4.79 Å². The van der Waals surface area contributed by atoms with E-state index in [2.05, 4.69) is 5.32 Å². The maximum atomic E-state index is 12.0. The lowest BCUT2D eigenvalue weighted by molar-refractivity contribution is 0.0816. The Kier molecular flexibility index (Phi) is 6.32. The van der Waals surface area contributed by atoms with Gasteiger partial charge >= 0.3 is 0 Å². The third-order valence-corrected chi connectivity index (χ3v) is 3.73. The largest absolute Gasteiger partial charge is 0.391 e. The molecule has 0 saturated carbocycles. The second-order valence-electron chi connectivity index (χ2n) is 4.81. The van der Waals surface area contributed by atoms with Crippen molar-refractivity contribution in [1.29, 1.82) is 0 Å². The summed E-state index contributed by atoms with van der Waals surface area (Å²) in [7, 11) is 0. The van der Waals surface area contributed by atoms with Crippen LogP contribution in [-0.4, -0.2) is 23.7 Å². The molecular weight excluding hydrogens is 262 g/mol. The molecule has 0 aliphatic heterocycles. The van der Waals surface area contributed by atoms with E-state index in [-0.39, 0.29) is 18.4 Å². The van der Waals surface area contributed by atoms with Crippen LogP contribution in [0.5, 0.6) is 0 Å². The third-order valence-electron chi connectivity index (χ3n) is 3.50. The molecule has 0 aliphatic carbocycles. The van der Waals surface area contributed by atoms with Gasteiger partial charge in [-0.1, -0.05) is 38.3 Å². The lowest BCUT2D eigenvalue weighted by Gasteiger charge is -2.20. The van der Waals surface area contributed by atoms with E-state index < -0.39 is 6.10 Å². The van der Waals surface area contributed by atoms with Crippen molar-refractivity contribution in [3.63, 3.8) is 0 Å². The first-order chi connectivity index (χ1) is 8.99. The number of benzene rings is 1. The molecule has 1 amide bonds. The smallest absolute Gasteiger partial charge is 0.251 e. The number of aliphatic hydroxyl groups is 1. The number of amides is 1. The van der Waals surface area contributed by atoms with Gasteiger partial charge < -0.3 is 10.4 Å². The van der Waals surface area contributed by atoms with Crippen LogP contribution in [0.3, 0.4) is 0 Å². The van der Waals surface area contributed by atoms with Gasteiger partial charge in [-0.2, -0.15) is 0 Å². The highest BCUT2D eigenvalue weighted by molar-refractivity contribution is 6.30. The molecule has 1 unspecified atom stereocenters. The first-order valence-corrected chi connectivity index (χ1v) is 7.09. The fraction of sp³-hybridized carbons (Fsp3) is 0.533. The van der Waals surface area contributed by atoms with Crippen LogP contribution in [0.2, 0.25) is 5.02 Å². The quantitative estimate of drug-likeness (QED) is 0.842. The standard InChI is InChI=1S/C15H22ClNO2/c1-4-11(5-2)14(18)9-17-15(19)13-7-6-12(16)8-10(13)3/h6-8,11,14,18H,4-5,9H2,1-3H3,(H,17,19). The summed E-state index contributed by atoms with van der Waals surface area (Å²) in [6, 6.07) is 5.16. The van der Waals surface area contributed by atoms with E-state index in [1.807, 2.05) is 20.8 Å².